The SMILES string of the molecule is Cc1cccc(NC(=O)CSc2ccncc2)c1C(=O)O. The minimum atomic E-state index is -1.05. The predicted octanol–water partition coefficient (Wildman–Crippen LogP) is 2.82. The van der Waals surface area contributed by atoms with Crippen LogP contribution in [0.3, 0.4) is 0 Å². The maximum Gasteiger partial charge on any atom is 0.338 e. The lowest BCUT2D eigenvalue weighted by Crippen LogP contribution is -2.17. The van der Waals surface area contributed by atoms with Crippen molar-refractivity contribution in [3.05, 3.63) is 53.9 Å². The molecule has 0 unspecified atom stereocenters. The molecule has 0 bridgehead atoms. The molecule has 0 spiro atoms. The van der Waals surface area contributed by atoms with E-state index in [1.165, 1.54) is 11.8 Å². The number of aromatic nitrogens is 1. The number of hydrogen-bond acceptors (Lipinski definition) is 4. The van der Waals surface area contributed by atoms with Gasteiger partial charge in [0.1, 0.15) is 0 Å². The van der Waals surface area contributed by atoms with Gasteiger partial charge >= 0.3 is 5.97 Å². The second-order valence-electron chi connectivity index (χ2n) is 4.32. The number of nitrogens with zero attached hydrogens (tertiary/aromatic N) is 1. The van der Waals surface area contributed by atoms with Crippen molar-refractivity contribution in [2.75, 3.05) is 11.1 Å². The van der Waals surface area contributed by atoms with E-state index in [1.54, 1.807) is 37.5 Å². The molecular weight excluding hydrogens is 288 g/mol. The number of carbonyl (C=O) groups excluding carboxylic acids is 1. The fourth-order valence-electron chi connectivity index (χ4n) is 1.83. The number of aryl methyl sites for hydroxylation is 1. The first-order valence-electron chi connectivity index (χ1n) is 6.23. The van der Waals surface area contributed by atoms with Gasteiger partial charge in [0.25, 0.3) is 0 Å². The highest BCUT2D eigenvalue weighted by Gasteiger charge is 2.14. The molecule has 2 aromatic rings. The van der Waals surface area contributed by atoms with Crippen LogP contribution < -0.4 is 5.32 Å². The van der Waals surface area contributed by atoms with Crippen LogP contribution in [0.4, 0.5) is 5.69 Å². The van der Waals surface area contributed by atoms with Crippen molar-refractivity contribution in [3.8, 4) is 0 Å². The van der Waals surface area contributed by atoms with Crippen LogP contribution in [-0.2, 0) is 4.79 Å². The lowest BCUT2D eigenvalue weighted by molar-refractivity contribution is -0.113. The van der Waals surface area contributed by atoms with Crippen LogP contribution >= 0.6 is 11.8 Å². The van der Waals surface area contributed by atoms with Gasteiger partial charge in [-0.1, -0.05) is 12.1 Å². The Kier molecular flexibility index (Phi) is 4.94. The summed E-state index contributed by atoms with van der Waals surface area (Å²) in [4.78, 5) is 28.0. The summed E-state index contributed by atoms with van der Waals surface area (Å²) >= 11 is 1.37. The Morgan fingerprint density at radius 3 is 2.62 bits per heavy atom. The summed E-state index contributed by atoms with van der Waals surface area (Å²) < 4.78 is 0. The molecule has 0 aliphatic heterocycles. The molecule has 5 nitrogen and oxygen atoms in total. The highest BCUT2D eigenvalue weighted by atomic mass is 32.2. The van der Waals surface area contributed by atoms with E-state index in [4.69, 9.17) is 0 Å². The number of anilines is 1. The number of pyridine rings is 1. The molecule has 2 rings (SSSR count). The van der Waals surface area contributed by atoms with E-state index in [2.05, 4.69) is 10.3 Å². The summed E-state index contributed by atoms with van der Waals surface area (Å²) in [6.07, 6.45) is 3.31. The van der Waals surface area contributed by atoms with Crippen molar-refractivity contribution >= 4 is 29.3 Å². The molecule has 2 N–H and O–H groups in total. The van der Waals surface area contributed by atoms with Gasteiger partial charge in [0.2, 0.25) is 5.91 Å². The minimum Gasteiger partial charge on any atom is -0.478 e. The standard InChI is InChI=1S/C15H14N2O3S/c1-10-3-2-4-12(14(10)15(19)20)17-13(18)9-21-11-5-7-16-8-6-11/h2-8H,9H2,1H3,(H,17,18)(H,19,20). The van der Waals surface area contributed by atoms with E-state index < -0.39 is 5.97 Å². The lowest BCUT2D eigenvalue weighted by Gasteiger charge is -2.10. The van der Waals surface area contributed by atoms with Gasteiger partial charge < -0.3 is 10.4 Å². The number of carboxylic acid groups (broad SMARTS) is 1. The number of nitrogens with one attached hydrogen (secondary N) is 1. The Bertz CT molecular complexity index is 659. The largest absolute Gasteiger partial charge is 0.478 e. The Labute approximate surface area is 126 Å². The Morgan fingerprint density at radius 2 is 1.95 bits per heavy atom. The Balaban J connectivity index is 2.03. The molecule has 0 saturated carbocycles. The molecule has 1 aromatic carbocycles. The fourth-order valence-corrected chi connectivity index (χ4v) is 2.51. The van der Waals surface area contributed by atoms with Gasteiger partial charge in [-0.05, 0) is 30.7 Å². The first-order valence-corrected chi connectivity index (χ1v) is 7.22. The molecule has 0 radical (unpaired) electrons. The lowest BCUT2D eigenvalue weighted by atomic mass is 10.1. The molecule has 6 heteroatoms. The van der Waals surface area contributed by atoms with Gasteiger partial charge in [-0.15, -0.1) is 11.8 Å². The fraction of sp³-hybridized carbons (Fsp3) is 0.133. The second kappa shape index (κ2) is 6.90. The molecule has 108 valence electrons. The predicted molar refractivity (Wildman–Crippen MR) is 81.7 cm³/mol. The Morgan fingerprint density at radius 1 is 1.24 bits per heavy atom. The van der Waals surface area contributed by atoms with Crippen molar-refractivity contribution in [2.45, 2.75) is 11.8 Å². The number of benzene rings is 1. The molecule has 0 atom stereocenters. The molecule has 1 amide bonds. The van der Waals surface area contributed by atoms with Crippen LogP contribution in [-0.4, -0.2) is 27.7 Å². The number of thioether (sulfide) groups is 1. The van der Waals surface area contributed by atoms with Gasteiger partial charge in [0, 0.05) is 17.3 Å². The maximum atomic E-state index is 11.9. The van der Waals surface area contributed by atoms with Crippen molar-refractivity contribution in [1.82, 2.24) is 4.98 Å². The van der Waals surface area contributed by atoms with E-state index >= 15 is 0 Å². The number of hydrogen-bond donors (Lipinski definition) is 2. The molecule has 0 aliphatic carbocycles. The van der Waals surface area contributed by atoms with Crippen LogP contribution in [0.1, 0.15) is 15.9 Å². The van der Waals surface area contributed by atoms with Crippen LogP contribution in [0.2, 0.25) is 0 Å². The average molecular weight is 302 g/mol. The molecule has 0 fully saturated rings. The summed E-state index contributed by atoms with van der Waals surface area (Å²) in [5, 5.41) is 11.9. The summed E-state index contributed by atoms with van der Waals surface area (Å²) in [6, 6.07) is 8.63. The zero-order valence-electron chi connectivity index (χ0n) is 11.4. The molecule has 21 heavy (non-hydrogen) atoms. The maximum absolute atomic E-state index is 11.9. The Hall–Kier alpha value is -2.34. The van der Waals surface area contributed by atoms with Gasteiger partial charge in [0.15, 0.2) is 0 Å². The van der Waals surface area contributed by atoms with Crippen molar-refractivity contribution in [2.24, 2.45) is 0 Å². The van der Waals surface area contributed by atoms with E-state index in [9.17, 15) is 14.7 Å². The van der Waals surface area contributed by atoms with Crippen LogP contribution in [0, 0.1) is 6.92 Å². The van der Waals surface area contributed by atoms with Crippen LogP contribution in [0.15, 0.2) is 47.6 Å². The van der Waals surface area contributed by atoms with Crippen molar-refractivity contribution in [1.29, 1.82) is 0 Å². The quantitative estimate of drug-likeness (QED) is 0.830. The van der Waals surface area contributed by atoms with Crippen molar-refractivity contribution < 1.29 is 14.7 Å². The van der Waals surface area contributed by atoms with E-state index in [1.807, 2.05) is 12.1 Å². The monoisotopic (exact) mass is 302 g/mol. The normalized spacial score (nSPS) is 10.1. The average Bonchev–Trinajstić information content (AvgIpc) is 2.46. The van der Waals surface area contributed by atoms with Gasteiger partial charge in [-0.2, -0.15) is 0 Å². The minimum absolute atomic E-state index is 0.125. The molecule has 1 heterocycles. The van der Waals surface area contributed by atoms with Gasteiger partial charge in [-0.3, -0.25) is 9.78 Å². The number of carbonyl (C=O) groups is 2. The van der Waals surface area contributed by atoms with E-state index in [-0.39, 0.29) is 17.2 Å². The first kappa shape index (κ1) is 15.1. The van der Waals surface area contributed by atoms with Gasteiger partial charge in [-0.25, -0.2) is 4.79 Å². The summed E-state index contributed by atoms with van der Waals surface area (Å²) in [5.41, 5.74) is 1.06. The highest BCUT2D eigenvalue weighted by Crippen LogP contribution is 2.21. The number of carboxylic acids is 1. The number of amides is 1. The summed E-state index contributed by atoms with van der Waals surface area (Å²) in [7, 11) is 0. The topological polar surface area (TPSA) is 79.3 Å². The zero-order valence-corrected chi connectivity index (χ0v) is 12.2. The zero-order chi connectivity index (χ0) is 15.2. The summed E-state index contributed by atoms with van der Waals surface area (Å²) in [5.74, 6) is -1.09. The first-order chi connectivity index (χ1) is 10.1. The van der Waals surface area contributed by atoms with E-state index in [0.717, 1.165) is 4.90 Å². The van der Waals surface area contributed by atoms with Gasteiger partial charge in [0.05, 0.1) is 17.0 Å². The molecule has 0 saturated heterocycles. The smallest absolute Gasteiger partial charge is 0.338 e. The third-order valence-electron chi connectivity index (χ3n) is 2.78. The molecule has 1 aromatic heterocycles. The van der Waals surface area contributed by atoms with Crippen molar-refractivity contribution in [3.63, 3.8) is 0 Å². The molecular formula is C15H14N2O3S. The molecule has 0 aliphatic rings. The summed E-state index contributed by atoms with van der Waals surface area (Å²) in [6.45, 7) is 1.70. The van der Waals surface area contributed by atoms with Crippen LogP contribution in [0.25, 0.3) is 0 Å². The third kappa shape index (κ3) is 4.06. The third-order valence-corrected chi connectivity index (χ3v) is 3.79. The van der Waals surface area contributed by atoms with E-state index in [0.29, 0.717) is 11.3 Å². The number of rotatable bonds is 5. The number of aromatic carboxylic acids is 1. The highest BCUT2D eigenvalue weighted by molar-refractivity contribution is 8.00. The second-order valence-corrected chi connectivity index (χ2v) is 5.37. The van der Waals surface area contributed by atoms with Crippen LogP contribution in [0.5, 0.6) is 0 Å².